The molecule has 5 heteroatoms. The van der Waals surface area contributed by atoms with Crippen molar-refractivity contribution in [1.29, 1.82) is 0 Å². The zero-order valence-corrected chi connectivity index (χ0v) is 13.0. The second kappa shape index (κ2) is 6.55. The van der Waals surface area contributed by atoms with E-state index >= 15 is 0 Å². The summed E-state index contributed by atoms with van der Waals surface area (Å²) in [5.41, 5.74) is 0.210. The van der Waals surface area contributed by atoms with Gasteiger partial charge in [0.05, 0.1) is 5.41 Å². The van der Waals surface area contributed by atoms with E-state index in [0.29, 0.717) is 0 Å². The van der Waals surface area contributed by atoms with E-state index < -0.39 is 5.41 Å². The van der Waals surface area contributed by atoms with Crippen molar-refractivity contribution in [3.63, 3.8) is 0 Å². The molecule has 0 aliphatic carbocycles. The van der Waals surface area contributed by atoms with Crippen LogP contribution in [0.25, 0.3) is 0 Å². The van der Waals surface area contributed by atoms with Crippen molar-refractivity contribution in [3.8, 4) is 0 Å². The Kier molecular flexibility index (Phi) is 5.54. The Hall–Kier alpha value is -1.13. The van der Waals surface area contributed by atoms with Gasteiger partial charge in [0.1, 0.15) is 5.82 Å². The number of likely N-dealkylation sites (N-methyl/N-ethyl adjacent to an activating group) is 1. The zero-order valence-electron chi connectivity index (χ0n) is 12.1. The third-order valence-electron chi connectivity index (χ3n) is 4.00. The lowest BCUT2D eigenvalue weighted by molar-refractivity contribution is -0.136. The standard InChI is InChI=1S/C15H21FN2O.ClH/c1-15(2,11-4-6-12(16)7-5-11)14(19)18(3)13-8-9-17-10-13;/h4-7,13,17H,8-10H2,1-3H3;1H. The first-order valence-electron chi connectivity index (χ1n) is 6.67. The summed E-state index contributed by atoms with van der Waals surface area (Å²) in [6.45, 7) is 5.59. The molecule has 1 N–H and O–H groups in total. The van der Waals surface area contributed by atoms with Crippen molar-refractivity contribution in [1.82, 2.24) is 10.2 Å². The topological polar surface area (TPSA) is 32.3 Å². The van der Waals surface area contributed by atoms with E-state index in [-0.39, 0.29) is 30.2 Å². The van der Waals surface area contributed by atoms with E-state index in [1.807, 2.05) is 25.8 Å². The molecule has 1 heterocycles. The highest BCUT2D eigenvalue weighted by Gasteiger charge is 2.35. The van der Waals surface area contributed by atoms with Gasteiger partial charge >= 0.3 is 0 Å². The smallest absolute Gasteiger partial charge is 0.232 e. The summed E-state index contributed by atoms with van der Waals surface area (Å²) in [6.07, 6.45) is 0.988. The molecule has 1 unspecified atom stereocenters. The van der Waals surface area contributed by atoms with E-state index in [1.165, 1.54) is 12.1 Å². The van der Waals surface area contributed by atoms with Crippen molar-refractivity contribution >= 4 is 18.3 Å². The number of benzene rings is 1. The van der Waals surface area contributed by atoms with Crippen LogP contribution in [-0.4, -0.2) is 37.0 Å². The molecule has 1 fully saturated rings. The Morgan fingerprint density at radius 1 is 1.35 bits per heavy atom. The van der Waals surface area contributed by atoms with Gasteiger partial charge in [-0.05, 0) is 44.5 Å². The largest absolute Gasteiger partial charge is 0.341 e. The molecule has 1 saturated heterocycles. The van der Waals surface area contributed by atoms with E-state index in [0.717, 1.165) is 25.1 Å². The second-order valence-corrected chi connectivity index (χ2v) is 5.69. The predicted molar refractivity (Wildman–Crippen MR) is 80.7 cm³/mol. The van der Waals surface area contributed by atoms with Crippen molar-refractivity contribution in [2.24, 2.45) is 0 Å². The lowest BCUT2D eigenvalue weighted by atomic mass is 9.83. The highest BCUT2D eigenvalue weighted by Crippen LogP contribution is 2.27. The molecule has 0 radical (unpaired) electrons. The Morgan fingerprint density at radius 2 is 1.95 bits per heavy atom. The molecule has 1 aliphatic rings. The van der Waals surface area contributed by atoms with Gasteiger partial charge in [0.2, 0.25) is 5.91 Å². The van der Waals surface area contributed by atoms with Gasteiger partial charge in [-0.15, -0.1) is 12.4 Å². The van der Waals surface area contributed by atoms with E-state index in [2.05, 4.69) is 5.32 Å². The van der Waals surface area contributed by atoms with Gasteiger partial charge in [-0.25, -0.2) is 4.39 Å². The molecule has 20 heavy (non-hydrogen) atoms. The minimum absolute atomic E-state index is 0. The lowest BCUT2D eigenvalue weighted by Crippen LogP contribution is -2.47. The van der Waals surface area contributed by atoms with Crippen LogP contribution in [0.1, 0.15) is 25.8 Å². The molecule has 0 bridgehead atoms. The molecular formula is C15H22ClFN2O. The van der Waals surface area contributed by atoms with Crippen molar-refractivity contribution < 1.29 is 9.18 Å². The normalized spacial score (nSPS) is 18.5. The highest BCUT2D eigenvalue weighted by atomic mass is 35.5. The van der Waals surface area contributed by atoms with Gasteiger partial charge in [0.25, 0.3) is 0 Å². The van der Waals surface area contributed by atoms with Crippen molar-refractivity contribution in [2.45, 2.75) is 31.7 Å². The van der Waals surface area contributed by atoms with Crippen molar-refractivity contribution in [3.05, 3.63) is 35.6 Å². The van der Waals surface area contributed by atoms with Gasteiger partial charge < -0.3 is 10.2 Å². The number of rotatable bonds is 3. The van der Waals surface area contributed by atoms with E-state index in [4.69, 9.17) is 0 Å². The van der Waals surface area contributed by atoms with Gasteiger partial charge in [-0.2, -0.15) is 0 Å². The first-order chi connectivity index (χ1) is 8.93. The summed E-state index contributed by atoms with van der Waals surface area (Å²) in [5, 5.41) is 3.26. The Bertz CT molecular complexity index is 455. The van der Waals surface area contributed by atoms with Crippen molar-refractivity contribution in [2.75, 3.05) is 20.1 Å². The van der Waals surface area contributed by atoms with Gasteiger partial charge in [-0.3, -0.25) is 4.79 Å². The number of nitrogens with zero attached hydrogens (tertiary/aromatic N) is 1. The van der Waals surface area contributed by atoms with Crippen LogP contribution in [0.3, 0.4) is 0 Å². The van der Waals surface area contributed by atoms with Crippen LogP contribution in [0.5, 0.6) is 0 Å². The van der Waals surface area contributed by atoms with Gasteiger partial charge in [0, 0.05) is 19.6 Å². The molecule has 1 atom stereocenters. The number of hydrogen-bond donors (Lipinski definition) is 1. The minimum Gasteiger partial charge on any atom is -0.341 e. The fourth-order valence-electron chi connectivity index (χ4n) is 2.57. The third-order valence-corrected chi connectivity index (χ3v) is 4.00. The molecular weight excluding hydrogens is 279 g/mol. The fourth-order valence-corrected chi connectivity index (χ4v) is 2.57. The summed E-state index contributed by atoms with van der Waals surface area (Å²) in [5.74, 6) is -0.201. The van der Waals surface area contributed by atoms with E-state index in [1.54, 1.807) is 12.1 Å². The summed E-state index contributed by atoms with van der Waals surface area (Å²) < 4.78 is 13.0. The Morgan fingerprint density at radius 3 is 2.45 bits per heavy atom. The Balaban J connectivity index is 0.00000200. The van der Waals surface area contributed by atoms with Crippen LogP contribution in [0.2, 0.25) is 0 Å². The highest BCUT2D eigenvalue weighted by molar-refractivity contribution is 5.87. The molecule has 0 saturated carbocycles. The van der Waals surface area contributed by atoms with Gasteiger partial charge in [0.15, 0.2) is 0 Å². The van der Waals surface area contributed by atoms with Crippen LogP contribution in [0.4, 0.5) is 4.39 Å². The number of amides is 1. The van der Waals surface area contributed by atoms with Crippen LogP contribution >= 0.6 is 12.4 Å². The van der Waals surface area contributed by atoms with Crippen LogP contribution in [0, 0.1) is 5.82 Å². The Labute approximate surface area is 125 Å². The van der Waals surface area contributed by atoms with E-state index in [9.17, 15) is 9.18 Å². The van der Waals surface area contributed by atoms with Crippen LogP contribution in [0.15, 0.2) is 24.3 Å². The number of halogens is 2. The summed E-state index contributed by atoms with van der Waals surface area (Å²) >= 11 is 0. The fraction of sp³-hybridized carbons (Fsp3) is 0.533. The number of nitrogens with one attached hydrogen (secondary N) is 1. The lowest BCUT2D eigenvalue weighted by Gasteiger charge is -2.33. The molecule has 1 aliphatic heterocycles. The van der Waals surface area contributed by atoms with Gasteiger partial charge in [-0.1, -0.05) is 12.1 Å². The predicted octanol–water partition coefficient (Wildman–Crippen LogP) is 2.35. The number of carbonyl (C=O) groups is 1. The third kappa shape index (κ3) is 3.30. The maximum absolute atomic E-state index is 13.0. The second-order valence-electron chi connectivity index (χ2n) is 5.69. The van der Waals surface area contributed by atoms with Crippen LogP contribution < -0.4 is 5.32 Å². The SMILES string of the molecule is CN(C(=O)C(C)(C)c1ccc(F)cc1)C1CCNC1.Cl. The molecule has 112 valence electrons. The molecule has 1 aromatic carbocycles. The van der Waals surface area contributed by atoms with Crippen LogP contribution in [-0.2, 0) is 10.2 Å². The summed E-state index contributed by atoms with van der Waals surface area (Å²) in [7, 11) is 1.85. The molecule has 1 amide bonds. The summed E-state index contributed by atoms with van der Waals surface area (Å²) in [4.78, 5) is 14.5. The number of hydrogen-bond acceptors (Lipinski definition) is 2. The monoisotopic (exact) mass is 300 g/mol. The molecule has 2 rings (SSSR count). The minimum atomic E-state index is -0.634. The molecule has 3 nitrogen and oxygen atoms in total. The quantitative estimate of drug-likeness (QED) is 0.929. The maximum atomic E-state index is 13.0. The molecule has 0 spiro atoms. The average Bonchev–Trinajstić information content (AvgIpc) is 2.91. The maximum Gasteiger partial charge on any atom is 0.232 e. The number of carbonyl (C=O) groups excluding carboxylic acids is 1. The average molecular weight is 301 g/mol. The zero-order chi connectivity index (χ0) is 14.0. The summed E-state index contributed by atoms with van der Waals surface area (Å²) in [6, 6.07) is 6.44. The first-order valence-corrected chi connectivity index (χ1v) is 6.67. The molecule has 1 aromatic rings. The first kappa shape index (κ1) is 16.9. The molecule has 0 aromatic heterocycles.